The van der Waals surface area contributed by atoms with Gasteiger partial charge in [0.1, 0.15) is 0 Å². The van der Waals surface area contributed by atoms with Crippen molar-refractivity contribution in [1.29, 1.82) is 0 Å². The monoisotopic (exact) mass is 172 g/mol. The first kappa shape index (κ1) is 9.96. The fourth-order valence-electron chi connectivity index (χ4n) is 1.61. The normalized spacial score (nSPS) is 25.5. The second-order valence-corrected chi connectivity index (χ2v) is 3.94. The van der Waals surface area contributed by atoms with Crippen molar-refractivity contribution in [3.63, 3.8) is 0 Å². The molecule has 72 valence electrons. The third kappa shape index (κ3) is 3.09. The summed E-state index contributed by atoms with van der Waals surface area (Å²) in [6, 6.07) is 0. The van der Waals surface area contributed by atoms with Gasteiger partial charge in [-0.05, 0) is 33.0 Å². The van der Waals surface area contributed by atoms with Gasteiger partial charge in [-0.15, -0.1) is 0 Å². The zero-order valence-corrected chi connectivity index (χ0v) is 8.16. The number of nitrogens with zero attached hydrogens (tertiary/aromatic N) is 2. The lowest BCUT2D eigenvalue weighted by atomic mass is 10.1. The number of aliphatic hydroxyl groups is 1. The molecule has 0 unspecified atom stereocenters. The number of likely N-dealkylation sites (tertiary alicyclic amines) is 1. The fourth-order valence-corrected chi connectivity index (χ4v) is 1.61. The molecular weight excluding hydrogens is 152 g/mol. The summed E-state index contributed by atoms with van der Waals surface area (Å²) in [4.78, 5) is 4.63. The number of rotatable bonds is 4. The van der Waals surface area contributed by atoms with E-state index >= 15 is 0 Å². The molecule has 0 amide bonds. The molecule has 0 aromatic carbocycles. The van der Waals surface area contributed by atoms with Crippen LogP contribution >= 0.6 is 0 Å². The zero-order chi connectivity index (χ0) is 8.97. The van der Waals surface area contributed by atoms with Gasteiger partial charge < -0.3 is 14.9 Å². The molecule has 1 atom stereocenters. The van der Waals surface area contributed by atoms with Gasteiger partial charge >= 0.3 is 0 Å². The maximum Gasteiger partial charge on any atom is 0.0471 e. The van der Waals surface area contributed by atoms with Gasteiger partial charge in [0.15, 0.2) is 0 Å². The number of hydrogen-bond donors (Lipinski definition) is 1. The quantitative estimate of drug-likeness (QED) is 0.639. The van der Waals surface area contributed by atoms with Crippen LogP contribution < -0.4 is 0 Å². The number of likely N-dealkylation sites (N-methyl/N-ethyl adjacent to an activating group) is 1. The minimum atomic E-state index is 0.360. The molecule has 0 aliphatic carbocycles. The van der Waals surface area contributed by atoms with Gasteiger partial charge in [0.25, 0.3) is 0 Å². The summed E-state index contributed by atoms with van der Waals surface area (Å²) >= 11 is 0. The molecule has 1 saturated heterocycles. The fraction of sp³-hybridized carbons (Fsp3) is 1.00. The zero-order valence-electron chi connectivity index (χ0n) is 8.16. The van der Waals surface area contributed by atoms with Crippen molar-refractivity contribution in [3.05, 3.63) is 0 Å². The van der Waals surface area contributed by atoms with Gasteiger partial charge in [-0.1, -0.05) is 0 Å². The molecule has 12 heavy (non-hydrogen) atoms. The molecule has 1 aliphatic heterocycles. The summed E-state index contributed by atoms with van der Waals surface area (Å²) < 4.78 is 0. The van der Waals surface area contributed by atoms with E-state index in [-0.39, 0.29) is 0 Å². The molecular formula is C9H20N2O. The molecule has 0 saturated carbocycles. The van der Waals surface area contributed by atoms with E-state index in [4.69, 9.17) is 5.11 Å². The smallest absolute Gasteiger partial charge is 0.0471 e. The molecule has 1 aliphatic rings. The first-order chi connectivity index (χ1) is 5.72. The standard InChI is InChI=1S/C9H20N2O/c1-10(2)5-6-11-4-3-9(7-11)8-12/h9,12H,3-8H2,1-2H3/t9-/m0/s1. The predicted octanol–water partition coefficient (Wildman–Crippen LogP) is -0.138. The van der Waals surface area contributed by atoms with E-state index in [1.54, 1.807) is 0 Å². The van der Waals surface area contributed by atoms with E-state index in [9.17, 15) is 0 Å². The highest BCUT2D eigenvalue weighted by molar-refractivity contribution is 4.74. The van der Waals surface area contributed by atoms with Crippen molar-refractivity contribution in [2.75, 3.05) is 46.9 Å². The van der Waals surface area contributed by atoms with Gasteiger partial charge in [-0.3, -0.25) is 0 Å². The van der Waals surface area contributed by atoms with Gasteiger partial charge in [0, 0.05) is 26.2 Å². The van der Waals surface area contributed by atoms with Crippen LogP contribution in [-0.4, -0.2) is 61.8 Å². The Morgan fingerprint density at radius 3 is 2.75 bits per heavy atom. The molecule has 0 aromatic rings. The van der Waals surface area contributed by atoms with E-state index in [0.29, 0.717) is 12.5 Å². The van der Waals surface area contributed by atoms with Gasteiger partial charge in [0.2, 0.25) is 0 Å². The first-order valence-electron chi connectivity index (χ1n) is 4.70. The van der Waals surface area contributed by atoms with Crippen LogP contribution in [0.5, 0.6) is 0 Å². The lowest BCUT2D eigenvalue weighted by molar-refractivity contribution is 0.216. The molecule has 1 rings (SSSR count). The molecule has 0 radical (unpaired) electrons. The maximum absolute atomic E-state index is 8.92. The summed E-state index contributed by atoms with van der Waals surface area (Å²) in [6.45, 7) is 4.88. The second-order valence-electron chi connectivity index (χ2n) is 3.94. The molecule has 1 heterocycles. The summed E-state index contributed by atoms with van der Waals surface area (Å²) in [7, 11) is 4.19. The molecule has 3 heteroatoms. The Kier molecular flexibility index (Phi) is 3.98. The molecule has 1 fully saturated rings. The van der Waals surface area contributed by atoms with Crippen LogP contribution in [0, 0.1) is 5.92 Å². The van der Waals surface area contributed by atoms with Crippen molar-refractivity contribution in [2.45, 2.75) is 6.42 Å². The SMILES string of the molecule is CN(C)CCN1CC[C@H](CO)C1. The summed E-state index contributed by atoms with van der Waals surface area (Å²) in [5.74, 6) is 0.534. The summed E-state index contributed by atoms with van der Waals surface area (Å²) in [5, 5.41) is 8.92. The Morgan fingerprint density at radius 2 is 2.25 bits per heavy atom. The summed E-state index contributed by atoms with van der Waals surface area (Å²) in [5.41, 5.74) is 0. The highest BCUT2D eigenvalue weighted by Gasteiger charge is 2.20. The van der Waals surface area contributed by atoms with Crippen molar-refractivity contribution in [3.8, 4) is 0 Å². The van der Waals surface area contributed by atoms with Crippen LogP contribution in [-0.2, 0) is 0 Å². The van der Waals surface area contributed by atoms with Crippen LogP contribution in [0.25, 0.3) is 0 Å². The maximum atomic E-state index is 8.92. The first-order valence-corrected chi connectivity index (χ1v) is 4.70. The van der Waals surface area contributed by atoms with Crippen molar-refractivity contribution < 1.29 is 5.11 Å². The van der Waals surface area contributed by atoms with Gasteiger partial charge in [0.05, 0.1) is 0 Å². The highest BCUT2D eigenvalue weighted by Crippen LogP contribution is 2.14. The lowest BCUT2D eigenvalue weighted by Gasteiger charge is -2.18. The van der Waals surface area contributed by atoms with E-state index in [1.165, 1.54) is 13.0 Å². The molecule has 0 bridgehead atoms. The Bertz CT molecular complexity index is 128. The minimum Gasteiger partial charge on any atom is -0.396 e. The van der Waals surface area contributed by atoms with E-state index in [2.05, 4.69) is 23.9 Å². The average molecular weight is 172 g/mol. The largest absolute Gasteiger partial charge is 0.396 e. The van der Waals surface area contributed by atoms with Crippen molar-refractivity contribution in [1.82, 2.24) is 9.80 Å². The van der Waals surface area contributed by atoms with Crippen LogP contribution in [0.4, 0.5) is 0 Å². The van der Waals surface area contributed by atoms with Crippen LogP contribution in [0.1, 0.15) is 6.42 Å². The molecule has 3 nitrogen and oxygen atoms in total. The van der Waals surface area contributed by atoms with Crippen LogP contribution in [0.15, 0.2) is 0 Å². The Labute approximate surface area is 75.0 Å². The Balaban J connectivity index is 2.11. The minimum absolute atomic E-state index is 0.360. The third-order valence-corrected chi connectivity index (χ3v) is 2.49. The van der Waals surface area contributed by atoms with E-state index < -0.39 is 0 Å². The highest BCUT2D eigenvalue weighted by atomic mass is 16.3. The predicted molar refractivity (Wildman–Crippen MR) is 50.2 cm³/mol. The number of aliphatic hydroxyl groups excluding tert-OH is 1. The Hall–Kier alpha value is -0.120. The second kappa shape index (κ2) is 4.80. The molecule has 0 aromatic heterocycles. The van der Waals surface area contributed by atoms with E-state index in [0.717, 1.165) is 19.6 Å². The van der Waals surface area contributed by atoms with Crippen molar-refractivity contribution in [2.24, 2.45) is 5.92 Å². The topological polar surface area (TPSA) is 26.7 Å². The average Bonchev–Trinajstić information content (AvgIpc) is 2.48. The number of hydrogen-bond acceptors (Lipinski definition) is 3. The summed E-state index contributed by atoms with van der Waals surface area (Å²) in [6.07, 6.45) is 1.17. The van der Waals surface area contributed by atoms with Crippen LogP contribution in [0.2, 0.25) is 0 Å². The lowest BCUT2D eigenvalue weighted by Crippen LogP contribution is -2.30. The third-order valence-electron chi connectivity index (χ3n) is 2.49. The van der Waals surface area contributed by atoms with Crippen molar-refractivity contribution >= 4 is 0 Å². The van der Waals surface area contributed by atoms with Gasteiger partial charge in [-0.25, -0.2) is 0 Å². The van der Waals surface area contributed by atoms with Crippen LogP contribution in [0.3, 0.4) is 0 Å². The van der Waals surface area contributed by atoms with Gasteiger partial charge in [-0.2, -0.15) is 0 Å². The molecule has 0 spiro atoms. The van der Waals surface area contributed by atoms with E-state index in [1.807, 2.05) is 0 Å². The molecule has 1 N–H and O–H groups in total. The Morgan fingerprint density at radius 1 is 1.50 bits per heavy atom.